The van der Waals surface area contributed by atoms with Gasteiger partial charge in [-0.15, -0.1) is 0 Å². The summed E-state index contributed by atoms with van der Waals surface area (Å²) in [5, 5.41) is 9.63. The number of benzene rings is 1. The van der Waals surface area contributed by atoms with Crippen LogP contribution in [0.4, 0.5) is 5.69 Å². The first kappa shape index (κ1) is 14.5. The first-order valence-electron chi connectivity index (χ1n) is 6.22. The Bertz CT molecular complexity index is 670. The maximum Gasteiger partial charge on any atom is 0.265 e. The van der Waals surface area contributed by atoms with E-state index < -0.39 is 10.0 Å². The number of H-pyrrole nitrogens is 1. The second-order valence-electron chi connectivity index (χ2n) is 4.60. The van der Waals surface area contributed by atoms with Crippen LogP contribution in [0.25, 0.3) is 0 Å². The predicted octanol–water partition coefficient (Wildman–Crippen LogP) is 1.55. The van der Waals surface area contributed by atoms with Gasteiger partial charge in [0.2, 0.25) is 0 Å². The highest BCUT2D eigenvalue weighted by Gasteiger charge is 2.22. The van der Waals surface area contributed by atoms with Crippen molar-refractivity contribution in [3.63, 3.8) is 0 Å². The summed E-state index contributed by atoms with van der Waals surface area (Å²) in [5.41, 5.74) is 2.61. The van der Waals surface area contributed by atoms with Crippen molar-refractivity contribution in [3.8, 4) is 0 Å². The average Bonchev–Trinajstić information content (AvgIpc) is 2.72. The van der Waals surface area contributed by atoms with E-state index in [0.717, 1.165) is 12.1 Å². The van der Waals surface area contributed by atoms with Crippen molar-refractivity contribution >= 4 is 15.7 Å². The van der Waals surface area contributed by atoms with Crippen LogP contribution < -0.4 is 10.0 Å². The largest absolute Gasteiger partial charge is 0.316 e. The van der Waals surface area contributed by atoms with Gasteiger partial charge < -0.3 is 5.32 Å². The van der Waals surface area contributed by atoms with Crippen LogP contribution in [0.5, 0.6) is 0 Å². The Labute approximate surface area is 118 Å². The fourth-order valence-electron chi connectivity index (χ4n) is 2.04. The van der Waals surface area contributed by atoms with Gasteiger partial charge in [0, 0.05) is 12.2 Å². The molecule has 0 aliphatic heterocycles. The third-order valence-electron chi connectivity index (χ3n) is 2.92. The van der Waals surface area contributed by atoms with E-state index in [1.54, 1.807) is 26.0 Å². The summed E-state index contributed by atoms with van der Waals surface area (Å²) < 4.78 is 27.2. The molecule has 0 aliphatic carbocycles. The molecule has 0 bridgehead atoms. The van der Waals surface area contributed by atoms with Gasteiger partial charge in [-0.25, -0.2) is 8.42 Å². The Morgan fingerprint density at radius 2 is 1.85 bits per heavy atom. The molecule has 7 heteroatoms. The molecule has 1 heterocycles. The Morgan fingerprint density at radius 1 is 1.20 bits per heavy atom. The first-order valence-corrected chi connectivity index (χ1v) is 7.70. The molecule has 0 unspecified atom stereocenters. The number of hydrogen-bond acceptors (Lipinski definition) is 4. The Morgan fingerprint density at radius 3 is 2.35 bits per heavy atom. The molecule has 2 aromatic rings. The lowest BCUT2D eigenvalue weighted by molar-refractivity contribution is 0.600. The fourth-order valence-corrected chi connectivity index (χ4v) is 3.47. The maximum atomic E-state index is 12.3. The molecule has 0 saturated heterocycles. The monoisotopic (exact) mass is 294 g/mol. The molecule has 1 aromatic heterocycles. The number of nitrogens with zero attached hydrogens (tertiary/aromatic N) is 1. The summed E-state index contributed by atoms with van der Waals surface area (Å²) in [6.45, 7) is 4.09. The highest BCUT2D eigenvalue weighted by molar-refractivity contribution is 7.92. The molecule has 0 amide bonds. The van der Waals surface area contributed by atoms with E-state index in [1.165, 1.54) is 0 Å². The number of aryl methyl sites for hydroxylation is 2. The molecule has 0 aliphatic rings. The molecule has 20 heavy (non-hydrogen) atoms. The summed E-state index contributed by atoms with van der Waals surface area (Å²) in [6.07, 6.45) is 0. The third kappa shape index (κ3) is 3.00. The molecule has 6 nitrogen and oxygen atoms in total. The molecule has 0 spiro atoms. The van der Waals surface area contributed by atoms with Gasteiger partial charge >= 0.3 is 0 Å². The highest BCUT2D eigenvalue weighted by atomic mass is 32.2. The zero-order chi connectivity index (χ0) is 14.8. The van der Waals surface area contributed by atoms with Crippen LogP contribution in [-0.4, -0.2) is 25.7 Å². The average molecular weight is 294 g/mol. The van der Waals surface area contributed by atoms with Gasteiger partial charge in [0.05, 0.1) is 11.4 Å². The second-order valence-corrected chi connectivity index (χ2v) is 6.22. The SMILES string of the molecule is CNCc1ccc(NS(=O)(=O)c2c(C)n[nH]c2C)cc1. The van der Waals surface area contributed by atoms with Crippen LogP contribution in [-0.2, 0) is 16.6 Å². The minimum atomic E-state index is -3.62. The first-order chi connectivity index (χ1) is 9.44. The standard InChI is InChI=1S/C13H18N4O2S/c1-9-13(10(2)16-15-9)20(18,19)17-12-6-4-11(5-7-12)8-14-3/h4-7,14,17H,8H2,1-3H3,(H,15,16). The fraction of sp³-hybridized carbons (Fsp3) is 0.308. The molecule has 0 atom stereocenters. The Hall–Kier alpha value is -1.86. The van der Waals surface area contributed by atoms with Gasteiger partial charge in [-0.3, -0.25) is 9.82 Å². The van der Waals surface area contributed by atoms with Crippen molar-refractivity contribution in [2.75, 3.05) is 11.8 Å². The van der Waals surface area contributed by atoms with Crippen LogP contribution in [0.15, 0.2) is 29.2 Å². The summed E-state index contributed by atoms with van der Waals surface area (Å²) in [7, 11) is -1.75. The predicted molar refractivity (Wildman–Crippen MR) is 78.1 cm³/mol. The van der Waals surface area contributed by atoms with E-state index in [9.17, 15) is 8.42 Å². The summed E-state index contributed by atoms with van der Waals surface area (Å²) in [4.78, 5) is 0.205. The minimum Gasteiger partial charge on any atom is -0.316 e. The minimum absolute atomic E-state index is 0.205. The molecular weight excluding hydrogens is 276 g/mol. The van der Waals surface area contributed by atoms with Crippen LogP contribution in [0.2, 0.25) is 0 Å². The van der Waals surface area contributed by atoms with E-state index in [1.807, 2.05) is 19.2 Å². The topological polar surface area (TPSA) is 86.9 Å². The quantitative estimate of drug-likeness (QED) is 0.781. The lowest BCUT2D eigenvalue weighted by Gasteiger charge is -2.09. The number of hydrogen-bond donors (Lipinski definition) is 3. The molecule has 0 saturated carbocycles. The van der Waals surface area contributed by atoms with Gasteiger partial charge in [0.1, 0.15) is 4.90 Å². The van der Waals surface area contributed by atoms with Gasteiger partial charge in [0.25, 0.3) is 10.0 Å². The van der Waals surface area contributed by atoms with Gasteiger partial charge in [0.15, 0.2) is 0 Å². The van der Waals surface area contributed by atoms with E-state index in [2.05, 4.69) is 20.2 Å². The molecular formula is C13H18N4O2S. The molecule has 108 valence electrons. The number of aromatic amines is 1. The lowest BCUT2D eigenvalue weighted by Crippen LogP contribution is -2.14. The highest BCUT2D eigenvalue weighted by Crippen LogP contribution is 2.21. The normalized spacial score (nSPS) is 11.6. The molecule has 0 radical (unpaired) electrons. The van der Waals surface area contributed by atoms with Crippen molar-refractivity contribution in [3.05, 3.63) is 41.2 Å². The van der Waals surface area contributed by atoms with Crippen molar-refractivity contribution in [1.82, 2.24) is 15.5 Å². The van der Waals surface area contributed by atoms with Crippen LogP contribution in [0, 0.1) is 13.8 Å². The summed E-state index contributed by atoms with van der Waals surface area (Å²) in [6, 6.07) is 7.25. The van der Waals surface area contributed by atoms with Gasteiger partial charge in [-0.1, -0.05) is 12.1 Å². The van der Waals surface area contributed by atoms with E-state index in [4.69, 9.17) is 0 Å². The van der Waals surface area contributed by atoms with Crippen LogP contribution in [0.3, 0.4) is 0 Å². The Kier molecular flexibility index (Phi) is 4.10. The molecule has 1 aromatic carbocycles. The van der Waals surface area contributed by atoms with E-state index >= 15 is 0 Å². The molecule has 2 rings (SSSR count). The number of anilines is 1. The number of rotatable bonds is 5. The number of aromatic nitrogens is 2. The summed E-state index contributed by atoms with van der Waals surface area (Å²) >= 11 is 0. The van der Waals surface area contributed by atoms with Crippen LogP contribution in [0.1, 0.15) is 17.0 Å². The van der Waals surface area contributed by atoms with Gasteiger partial charge in [-0.05, 0) is 38.6 Å². The maximum absolute atomic E-state index is 12.3. The smallest absolute Gasteiger partial charge is 0.265 e. The van der Waals surface area contributed by atoms with Gasteiger partial charge in [-0.2, -0.15) is 5.10 Å². The second kappa shape index (κ2) is 5.64. The molecule has 3 N–H and O–H groups in total. The van der Waals surface area contributed by atoms with E-state index in [-0.39, 0.29) is 4.90 Å². The number of sulfonamides is 1. The Balaban J connectivity index is 2.24. The molecule has 0 fully saturated rings. The van der Waals surface area contributed by atoms with E-state index in [0.29, 0.717) is 17.1 Å². The van der Waals surface area contributed by atoms with Crippen molar-refractivity contribution < 1.29 is 8.42 Å². The third-order valence-corrected chi connectivity index (χ3v) is 4.56. The van der Waals surface area contributed by atoms with Crippen molar-refractivity contribution in [2.45, 2.75) is 25.3 Å². The zero-order valence-electron chi connectivity index (χ0n) is 11.7. The lowest BCUT2D eigenvalue weighted by atomic mass is 10.2. The summed E-state index contributed by atoms with van der Waals surface area (Å²) in [5.74, 6) is 0. The number of nitrogens with one attached hydrogen (secondary N) is 3. The zero-order valence-corrected chi connectivity index (χ0v) is 12.5. The van der Waals surface area contributed by atoms with Crippen LogP contribution >= 0.6 is 0 Å². The van der Waals surface area contributed by atoms with Crippen molar-refractivity contribution in [2.24, 2.45) is 0 Å². The van der Waals surface area contributed by atoms with Crippen molar-refractivity contribution in [1.29, 1.82) is 0 Å².